The number of nitriles is 1. The molecule has 0 aliphatic heterocycles. The van der Waals surface area contributed by atoms with E-state index in [1.807, 2.05) is 6.07 Å². The zero-order chi connectivity index (χ0) is 14.8. The first kappa shape index (κ1) is 14.2. The van der Waals surface area contributed by atoms with Gasteiger partial charge in [-0.1, -0.05) is 11.6 Å². The van der Waals surface area contributed by atoms with Crippen molar-refractivity contribution in [3.63, 3.8) is 0 Å². The van der Waals surface area contributed by atoms with Crippen molar-refractivity contribution >= 4 is 27.3 Å². The number of phenols is 1. The Morgan fingerprint density at radius 3 is 2.40 bits per heavy atom. The lowest BCUT2D eigenvalue weighted by atomic mass is 10.2. The quantitative estimate of drug-likeness (QED) is 0.853. The first-order valence-electron chi connectivity index (χ1n) is 5.44. The number of hydrogen-bond donors (Lipinski definition) is 2. The van der Waals surface area contributed by atoms with E-state index in [1.54, 1.807) is 0 Å². The molecular formula is C13H9ClN2O3S. The predicted molar refractivity (Wildman–Crippen MR) is 75.1 cm³/mol. The maximum atomic E-state index is 12.1. The van der Waals surface area contributed by atoms with Crippen LogP contribution < -0.4 is 4.72 Å². The van der Waals surface area contributed by atoms with E-state index in [1.165, 1.54) is 42.5 Å². The van der Waals surface area contributed by atoms with Crippen LogP contribution in [0.1, 0.15) is 5.56 Å². The molecule has 0 aromatic heterocycles. The van der Waals surface area contributed by atoms with Gasteiger partial charge in [-0.05, 0) is 42.5 Å². The number of hydrogen-bond acceptors (Lipinski definition) is 4. The number of rotatable bonds is 3. The summed E-state index contributed by atoms with van der Waals surface area (Å²) >= 11 is 5.75. The van der Waals surface area contributed by atoms with Crippen molar-refractivity contribution in [2.24, 2.45) is 0 Å². The Bertz CT molecular complexity index is 780. The van der Waals surface area contributed by atoms with Gasteiger partial charge in [-0.3, -0.25) is 4.72 Å². The van der Waals surface area contributed by atoms with Gasteiger partial charge >= 0.3 is 0 Å². The van der Waals surface area contributed by atoms with Crippen LogP contribution in [0.3, 0.4) is 0 Å². The van der Waals surface area contributed by atoms with E-state index in [0.717, 1.165) is 0 Å². The Hall–Kier alpha value is -2.23. The number of anilines is 1. The van der Waals surface area contributed by atoms with Gasteiger partial charge in [0.2, 0.25) is 0 Å². The molecule has 0 unspecified atom stereocenters. The summed E-state index contributed by atoms with van der Waals surface area (Å²) < 4.78 is 26.5. The molecule has 0 aliphatic carbocycles. The molecule has 0 amide bonds. The molecule has 2 aromatic rings. The van der Waals surface area contributed by atoms with Gasteiger partial charge in [0, 0.05) is 5.02 Å². The Kier molecular flexibility index (Phi) is 3.84. The molecule has 0 spiro atoms. The SMILES string of the molecule is N#Cc1ccc(S(=O)(=O)Nc2cc(Cl)ccc2O)cc1. The number of benzene rings is 2. The van der Waals surface area contributed by atoms with Crippen LogP contribution in [0.2, 0.25) is 5.02 Å². The van der Waals surface area contributed by atoms with Crippen molar-refractivity contribution in [2.45, 2.75) is 4.90 Å². The molecule has 0 radical (unpaired) electrons. The van der Waals surface area contributed by atoms with Gasteiger partial charge in [-0.2, -0.15) is 5.26 Å². The topological polar surface area (TPSA) is 90.2 Å². The number of halogens is 1. The zero-order valence-electron chi connectivity index (χ0n) is 10.0. The number of nitrogens with zero attached hydrogens (tertiary/aromatic N) is 1. The van der Waals surface area contributed by atoms with Crippen LogP contribution in [0.5, 0.6) is 5.75 Å². The Morgan fingerprint density at radius 2 is 1.80 bits per heavy atom. The summed E-state index contributed by atoms with van der Waals surface area (Å²) in [5.41, 5.74) is 0.344. The summed E-state index contributed by atoms with van der Waals surface area (Å²) in [5.74, 6) is -0.230. The average molecular weight is 309 g/mol. The molecule has 0 saturated heterocycles. The Labute approximate surface area is 121 Å². The van der Waals surface area contributed by atoms with Crippen molar-refractivity contribution < 1.29 is 13.5 Å². The van der Waals surface area contributed by atoms with Gasteiger partial charge in [0.1, 0.15) is 5.75 Å². The van der Waals surface area contributed by atoms with Crippen molar-refractivity contribution in [1.29, 1.82) is 5.26 Å². The molecular weight excluding hydrogens is 300 g/mol. The standard InChI is InChI=1S/C13H9ClN2O3S/c14-10-3-6-13(17)12(7-10)16-20(18,19)11-4-1-9(8-15)2-5-11/h1-7,16-17H. The third-order valence-electron chi connectivity index (χ3n) is 2.50. The highest BCUT2D eigenvalue weighted by molar-refractivity contribution is 7.92. The summed E-state index contributed by atoms with van der Waals surface area (Å²) in [5, 5.41) is 18.6. The third-order valence-corrected chi connectivity index (χ3v) is 4.11. The second-order valence-electron chi connectivity index (χ2n) is 3.90. The van der Waals surface area contributed by atoms with E-state index in [-0.39, 0.29) is 16.3 Å². The molecule has 7 heteroatoms. The molecule has 0 bridgehead atoms. The van der Waals surface area contributed by atoms with Crippen LogP contribution >= 0.6 is 11.6 Å². The van der Waals surface area contributed by atoms with Crippen LogP contribution in [0, 0.1) is 11.3 Å². The minimum Gasteiger partial charge on any atom is -0.506 e. The lowest BCUT2D eigenvalue weighted by Gasteiger charge is -2.10. The molecule has 5 nitrogen and oxygen atoms in total. The maximum Gasteiger partial charge on any atom is 0.262 e. The maximum absolute atomic E-state index is 12.1. The molecule has 2 rings (SSSR count). The molecule has 102 valence electrons. The van der Waals surface area contributed by atoms with Crippen molar-refractivity contribution in [2.75, 3.05) is 4.72 Å². The van der Waals surface area contributed by atoms with E-state index >= 15 is 0 Å². The second kappa shape index (κ2) is 5.41. The van der Waals surface area contributed by atoms with Gasteiger partial charge in [0.15, 0.2) is 0 Å². The summed E-state index contributed by atoms with van der Waals surface area (Å²) in [6.07, 6.45) is 0. The van der Waals surface area contributed by atoms with Crippen molar-refractivity contribution in [1.82, 2.24) is 0 Å². The highest BCUT2D eigenvalue weighted by Crippen LogP contribution is 2.28. The number of sulfonamides is 1. The second-order valence-corrected chi connectivity index (χ2v) is 6.02. The summed E-state index contributed by atoms with van der Waals surface area (Å²) in [6, 6.07) is 11.3. The van der Waals surface area contributed by atoms with Crippen LogP contribution in [0.25, 0.3) is 0 Å². The van der Waals surface area contributed by atoms with E-state index in [9.17, 15) is 13.5 Å². The summed E-state index contributed by atoms with van der Waals surface area (Å²) in [6.45, 7) is 0. The van der Waals surface area contributed by atoms with E-state index < -0.39 is 10.0 Å². The number of aromatic hydroxyl groups is 1. The molecule has 0 saturated carbocycles. The normalized spacial score (nSPS) is 10.8. The fourth-order valence-corrected chi connectivity index (χ4v) is 2.74. The largest absolute Gasteiger partial charge is 0.506 e. The van der Waals surface area contributed by atoms with E-state index in [4.69, 9.17) is 16.9 Å². The molecule has 2 aromatic carbocycles. The zero-order valence-corrected chi connectivity index (χ0v) is 11.6. The van der Waals surface area contributed by atoms with Crippen LogP contribution in [-0.2, 0) is 10.0 Å². The summed E-state index contributed by atoms with van der Waals surface area (Å²) in [7, 11) is -3.86. The summed E-state index contributed by atoms with van der Waals surface area (Å²) in [4.78, 5) is -0.0177. The first-order chi connectivity index (χ1) is 9.42. The fourth-order valence-electron chi connectivity index (χ4n) is 1.50. The van der Waals surface area contributed by atoms with Crippen LogP contribution in [-0.4, -0.2) is 13.5 Å². The average Bonchev–Trinajstić information content (AvgIpc) is 2.43. The molecule has 0 atom stereocenters. The van der Waals surface area contributed by atoms with Gasteiger partial charge in [0.05, 0.1) is 22.2 Å². The van der Waals surface area contributed by atoms with E-state index in [2.05, 4.69) is 4.72 Å². The van der Waals surface area contributed by atoms with Crippen LogP contribution in [0.4, 0.5) is 5.69 Å². The molecule has 2 N–H and O–H groups in total. The van der Waals surface area contributed by atoms with Gasteiger partial charge < -0.3 is 5.11 Å². The van der Waals surface area contributed by atoms with Crippen molar-refractivity contribution in [3.8, 4) is 11.8 Å². The van der Waals surface area contributed by atoms with Gasteiger partial charge in [0.25, 0.3) is 10.0 Å². The smallest absolute Gasteiger partial charge is 0.262 e. The third kappa shape index (κ3) is 3.02. The van der Waals surface area contributed by atoms with Crippen molar-refractivity contribution in [3.05, 3.63) is 53.1 Å². The molecule has 20 heavy (non-hydrogen) atoms. The minimum absolute atomic E-state index is 0.0122. The predicted octanol–water partition coefficient (Wildman–Crippen LogP) is 2.72. The Balaban J connectivity index is 2.35. The van der Waals surface area contributed by atoms with Crippen LogP contribution in [0.15, 0.2) is 47.4 Å². The Morgan fingerprint density at radius 1 is 1.15 bits per heavy atom. The lowest BCUT2D eigenvalue weighted by molar-refractivity contribution is 0.477. The van der Waals surface area contributed by atoms with Gasteiger partial charge in [-0.15, -0.1) is 0 Å². The monoisotopic (exact) mass is 308 g/mol. The molecule has 0 aliphatic rings. The number of nitrogens with one attached hydrogen (secondary N) is 1. The van der Waals surface area contributed by atoms with Gasteiger partial charge in [-0.25, -0.2) is 8.42 Å². The molecule has 0 fully saturated rings. The first-order valence-corrected chi connectivity index (χ1v) is 7.30. The lowest BCUT2D eigenvalue weighted by Crippen LogP contribution is -2.13. The molecule has 0 heterocycles. The minimum atomic E-state index is -3.86. The fraction of sp³-hybridized carbons (Fsp3) is 0. The van der Waals surface area contributed by atoms with E-state index in [0.29, 0.717) is 10.6 Å². The highest BCUT2D eigenvalue weighted by atomic mass is 35.5. The number of phenolic OH excluding ortho intramolecular Hbond substituents is 1. The highest BCUT2D eigenvalue weighted by Gasteiger charge is 2.16.